The second kappa shape index (κ2) is 7.73. The first-order valence-electron chi connectivity index (χ1n) is 8.33. The second-order valence-corrected chi connectivity index (χ2v) is 7.55. The molecule has 1 atom stereocenters. The molecule has 3 rings (SSSR count). The van der Waals surface area contributed by atoms with E-state index >= 15 is 0 Å². The summed E-state index contributed by atoms with van der Waals surface area (Å²) in [5, 5.41) is 0.892. The largest absolute Gasteiger partial charge is 0.304 e. The second-order valence-electron chi connectivity index (χ2n) is 6.32. The third-order valence-corrected chi connectivity index (χ3v) is 5.42. The number of likely N-dealkylation sites (N-methyl/N-ethyl adjacent to an activating group) is 1. The van der Waals surface area contributed by atoms with Gasteiger partial charge in [-0.1, -0.05) is 18.7 Å². The Morgan fingerprint density at radius 1 is 1.14 bits per heavy atom. The van der Waals surface area contributed by atoms with Crippen molar-refractivity contribution in [3.05, 3.63) is 18.0 Å². The summed E-state index contributed by atoms with van der Waals surface area (Å²) in [7, 11) is 2.22. The fourth-order valence-corrected chi connectivity index (χ4v) is 3.84. The van der Waals surface area contributed by atoms with Crippen LogP contribution in [0.25, 0.3) is 0 Å². The Hall–Kier alpha value is -0.690. The lowest BCUT2D eigenvalue weighted by atomic mass is 10.2. The van der Waals surface area contributed by atoms with Crippen molar-refractivity contribution in [2.75, 3.05) is 52.1 Å². The maximum absolute atomic E-state index is 4.44. The van der Waals surface area contributed by atoms with E-state index in [9.17, 15) is 0 Å². The van der Waals surface area contributed by atoms with Crippen LogP contribution >= 0.6 is 11.8 Å². The van der Waals surface area contributed by atoms with Crippen molar-refractivity contribution in [2.45, 2.75) is 31.1 Å². The SMILES string of the molecule is CCSc1ncc(CN2CC[C@@H](N3CCN(C)CC3)C2)cn1. The Balaban J connectivity index is 1.48. The maximum atomic E-state index is 4.44. The van der Waals surface area contributed by atoms with Gasteiger partial charge in [0.25, 0.3) is 0 Å². The van der Waals surface area contributed by atoms with Crippen molar-refractivity contribution in [2.24, 2.45) is 0 Å². The van der Waals surface area contributed by atoms with Crippen molar-refractivity contribution in [3.8, 4) is 0 Å². The summed E-state index contributed by atoms with van der Waals surface area (Å²) in [6.45, 7) is 10.4. The zero-order valence-electron chi connectivity index (χ0n) is 13.7. The van der Waals surface area contributed by atoms with E-state index in [-0.39, 0.29) is 0 Å². The first kappa shape index (κ1) is 16.2. The van der Waals surface area contributed by atoms with Gasteiger partial charge in [0.15, 0.2) is 5.16 Å². The summed E-state index contributed by atoms with van der Waals surface area (Å²) in [6, 6.07) is 0.740. The standard InChI is InChI=1S/C16H27N5S/c1-3-22-16-17-10-14(11-18-16)12-20-5-4-15(13-20)21-8-6-19(2)7-9-21/h10-11,15H,3-9,12-13H2,1-2H3/t15-/m1/s1. The van der Waals surface area contributed by atoms with Crippen LogP contribution in [-0.4, -0.2) is 82.8 Å². The fourth-order valence-electron chi connectivity index (χ4n) is 3.33. The summed E-state index contributed by atoms with van der Waals surface area (Å²) in [5.41, 5.74) is 1.24. The molecule has 6 heteroatoms. The highest BCUT2D eigenvalue weighted by Crippen LogP contribution is 2.19. The molecule has 0 bridgehead atoms. The number of thioether (sulfide) groups is 1. The fraction of sp³-hybridized carbons (Fsp3) is 0.750. The molecule has 22 heavy (non-hydrogen) atoms. The van der Waals surface area contributed by atoms with Crippen molar-refractivity contribution in [1.29, 1.82) is 0 Å². The molecular weight excluding hydrogens is 294 g/mol. The van der Waals surface area contributed by atoms with Gasteiger partial charge in [-0.2, -0.15) is 0 Å². The highest BCUT2D eigenvalue weighted by Gasteiger charge is 2.29. The van der Waals surface area contributed by atoms with E-state index in [2.05, 4.69) is 38.6 Å². The molecule has 0 aliphatic carbocycles. The summed E-state index contributed by atoms with van der Waals surface area (Å²) in [5.74, 6) is 1.03. The molecule has 0 unspecified atom stereocenters. The number of aromatic nitrogens is 2. The van der Waals surface area contributed by atoms with Crippen LogP contribution in [0.3, 0.4) is 0 Å². The van der Waals surface area contributed by atoms with E-state index in [4.69, 9.17) is 0 Å². The van der Waals surface area contributed by atoms with Gasteiger partial charge in [0.05, 0.1) is 0 Å². The monoisotopic (exact) mass is 321 g/mol. The van der Waals surface area contributed by atoms with E-state index in [0.717, 1.165) is 23.5 Å². The summed E-state index contributed by atoms with van der Waals surface area (Å²) in [6.07, 6.45) is 5.29. The lowest BCUT2D eigenvalue weighted by Gasteiger charge is -2.36. The molecule has 2 aliphatic heterocycles. The minimum atomic E-state index is 0.740. The van der Waals surface area contributed by atoms with Crippen LogP contribution < -0.4 is 0 Å². The molecule has 0 amide bonds. The van der Waals surface area contributed by atoms with Crippen LogP contribution in [-0.2, 0) is 6.54 Å². The number of hydrogen-bond donors (Lipinski definition) is 0. The number of piperazine rings is 1. The van der Waals surface area contributed by atoms with E-state index in [1.807, 2.05) is 12.4 Å². The van der Waals surface area contributed by atoms with Gasteiger partial charge < -0.3 is 4.90 Å². The molecule has 1 aromatic rings. The number of likely N-dealkylation sites (tertiary alicyclic amines) is 1. The first-order valence-corrected chi connectivity index (χ1v) is 9.32. The minimum Gasteiger partial charge on any atom is -0.304 e. The molecule has 0 N–H and O–H groups in total. The van der Waals surface area contributed by atoms with Crippen LogP contribution in [0.2, 0.25) is 0 Å². The van der Waals surface area contributed by atoms with Crippen LogP contribution in [0.1, 0.15) is 18.9 Å². The van der Waals surface area contributed by atoms with Gasteiger partial charge in [-0.3, -0.25) is 9.80 Å². The van der Waals surface area contributed by atoms with Gasteiger partial charge in [0, 0.05) is 69.8 Å². The smallest absolute Gasteiger partial charge is 0.187 e. The summed E-state index contributed by atoms with van der Waals surface area (Å²) in [4.78, 5) is 16.5. The molecule has 0 aromatic carbocycles. The molecule has 2 aliphatic rings. The van der Waals surface area contributed by atoms with E-state index in [1.165, 1.54) is 51.3 Å². The Labute approximate surface area is 138 Å². The molecular formula is C16H27N5S. The lowest BCUT2D eigenvalue weighted by Crippen LogP contribution is -2.49. The van der Waals surface area contributed by atoms with E-state index < -0.39 is 0 Å². The summed E-state index contributed by atoms with van der Waals surface area (Å²) >= 11 is 1.70. The lowest BCUT2D eigenvalue weighted by molar-refractivity contribution is 0.112. The molecule has 5 nitrogen and oxygen atoms in total. The van der Waals surface area contributed by atoms with Crippen LogP contribution in [0, 0.1) is 0 Å². The first-order chi connectivity index (χ1) is 10.7. The average molecular weight is 321 g/mol. The van der Waals surface area contributed by atoms with Crippen LogP contribution in [0.15, 0.2) is 17.6 Å². The average Bonchev–Trinajstić information content (AvgIpc) is 2.99. The number of rotatable bonds is 5. The Bertz CT molecular complexity index is 458. The third kappa shape index (κ3) is 4.19. The van der Waals surface area contributed by atoms with Gasteiger partial charge in [0.2, 0.25) is 0 Å². The van der Waals surface area contributed by atoms with E-state index in [0.29, 0.717) is 0 Å². The highest BCUT2D eigenvalue weighted by atomic mass is 32.2. The van der Waals surface area contributed by atoms with Gasteiger partial charge >= 0.3 is 0 Å². The Morgan fingerprint density at radius 3 is 2.55 bits per heavy atom. The van der Waals surface area contributed by atoms with Gasteiger partial charge in [0.1, 0.15) is 0 Å². The molecule has 0 saturated carbocycles. The minimum absolute atomic E-state index is 0.740. The highest BCUT2D eigenvalue weighted by molar-refractivity contribution is 7.99. The topological polar surface area (TPSA) is 35.5 Å². The molecule has 2 saturated heterocycles. The predicted octanol–water partition coefficient (Wildman–Crippen LogP) is 1.41. The summed E-state index contributed by atoms with van der Waals surface area (Å²) < 4.78 is 0. The van der Waals surface area contributed by atoms with Crippen molar-refractivity contribution in [3.63, 3.8) is 0 Å². The molecule has 0 radical (unpaired) electrons. The molecule has 122 valence electrons. The predicted molar refractivity (Wildman–Crippen MR) is 91.2 cm³/mol. The molecule has 0 spiro atoms. The molecule has 2 fully saturated rings. The van der Waals surface area contributed by atoms with Gasteiger partial charge in [-0.15, -0.1) is 0 Å². The Kier molecular flexibility index (Phi) is 5.68. The molecule has 3 heterocycles. The normalized spacial score (nSPS) is 24.9. The number of hydrogen-bond acceptors (Lipinski definition) is 6. The zero-order valence-corrected chi connectivity index (χ0v) is 14.6. The maximum Gasteiger partial charge on any atom is 0.187 e. The van der Waals surface area contributed by atoms with Gasteiger partial charge in [-0.05, 0) is 19.2 Å². The Morgan fingerprint density at radius 2 is 1.86 bits per heavy atom. The van der Waals surface area contributed by atoms with Gasteiger partial charge in [-0.25, -0.2) is 9.97 Å². The molecule has 1 aromatic heterocycles. The van der Waals surface area contributed by atoms with Crippen LogP contribution in [0.4, 0.5) is 0 Å². The van der Waals surface area contributed by atoms with Crippen molar-refractivity contribution in [1.82, 2.24) is 24.7 Å². The quantitative estimate of drug-likeness (QED) is 0.603. The van der Waals surface area contributed by atoms with Crippen LogP contribution in [0.5, 0.6) is 0 Å². The van der Waals surface area contributed by atoms with Crippen molar-refractivity contribution < 1.29 is 0 Å². The zero-order chi connectivity index (χ0) is 15.4. The van der Waals surface area contributed by atoms with E-state index in [1.54, 1.807) is 11.8 Å². The number of nitrogens with zero attached hydrogens (tertiary/aromatic N) is 5. The van der Waals surface area contributed by atoms with Crippen molar-refractivity contribution >= 4 is 11.8 Å². The third-order valence-electron chi connectivity index (χ3n) is 4.66.